The molecule has 2 aliphatic heterocycles. The number of carbonyl (C=O) groups excluding carboxylic acids is 3. The van der Waals surface area contributed by atoms with Gasteiger partial charge in [-0.25, -0.2) is 9.97 Å². The predicted molar refractivity (Wildman–Crippen MR) is 323 cm³/mol. The van der Waals surface area contributed by atoms with Crippen LogP contribution in [0.15, 0.2) is 85.2 Å². The summed E-state index contributed by atoms with van der Waals surface area (Å²) in [6.07, 6.45) is 9.45. The van der Waals surface area contributed by atoms with Crippen LogP contribution < -0.4 is 160 Å². The van der Waals surface area contributed by atoms with Crippen molar-refractivity contribution in [3.05, 3.63) is 121 Å². The Morgan fingerprint density at radius 1 is 0.667 bits per heavy atom. The van der Waals surface area contributed by atoms with Crippen LogP contribution in [0.25, 0.3) is 0 Å². The van der Waals surface area contributed by atoms with Crippen LogP contribution in [0.4, 0.5) is 67.7 Å². The van der Waals surface area contributed by atoms with Gasteiger partial charge in [0.05, 0.1) is 59.2 Å². The number of carbonyl (C=O) groups is 3. The summed E-state index contributed by atoms with van der Waals surface area (Å²) >= 11 is 12.6. The van der Waals surface area contributed by atoms with Crippen molar-refractivity contribution in [3.8, 4) is 11.5 Å². The van der Waals surface area contributed by atoms with Gasteiger partial charge < -0.3 is 61.7 Å². The number of ether oxygens (including phenoxy) is 2. The maximum Gasteiger partial charge on any atom is 1.00 e. The van der Waals surface area contributed by atoms with Gasteiger partial charge in [0.25, 0.3) is 12.2 Å². The second-order valence-electron chi connectivity index (χ2n) is 21.3. The second-order valence-corrected chi connectivity index (χ2v) is 28.5. The van der Waals surface area contributed by atoms with Crippen LogP contribution in [-0.4, -0.2) is 115 Å². The van der Waals surface area contributed by atoms with Crippen LogP contribution >= 0.6 is 37.5 Å². The number of methoxy groups -OCH3 is 2. The molecule has 454 valence electrons. The van der Waals surface area contributed by atoms with Crippen LogP contribution in [0.2, 0.25) is 10.0 Å². The van der Waals surface area contributed by atoms with Gasteiger partial charge >= 0.3 is 108 Å². The zero-order valence-electron chi connectivity index (χ0n) is 50.1. The van der Waals surface area contributed by atoms with E-state index in [9.17, 15) is 43.3 Å². The van der Waals surface area contributed by atoms with E-state index < -0.39 is 35.6 Å². The number of anilines is 9. The standard InChI is InChI=1S/C27H30ClN6O5P.C19H18ClFN5O4P.C8H13NO.CH2O3.2K.H/c1-39-23-13-21(33-15-27(16-33)10-8-17(35)9-11-27)22(34(36)37)12-20(23)31-26-29-14-18(28)25(32-26)30-19-6-4-5-7-24(19)40(2,3)38;1-30-16-8-12(21)15(26(27)28)9-14(16)24-19-22-10-11(20)18(25-19)23-13-6-4-5-7-17(13)31(2,3)29;10-7-1-3-8(4-2-7)5-9-6-8;2-1-4-3;;;/h4-7,12-14H,8-11,15-16H2,1-3H3,(H2,29,30,31,32);4-10H,1-3H3,(H2,22,23,24,25);9H,1-6H2;1,3H;;;/q;;;;2*+1;-1/p-1. The second kappa shape index (κ2) is 32.4. The molecule has 5 N–H and O–H groups in total. The van der Waals surface area contributed by atoms with Gasteiger partial charge in [-0.05, 0) is 82.0 Å². The summed E-state index contributed by atoms with van der Waals surface area (Å²) in [4.78, 5) is 74.7. The third-order valence-corrected chi connectivity index (χ3v) is 18.2. The molecule has 2 saturated heterocycles. The van der Waals surface area contributed by atoms with E-state index >= 15 is 0 Å². The average Bonchev–Trinajstić information content (AvgIpc) is 1.42. The van der Waals surface area contributed by atoms with Gasteiger partial charge in [0.2, 0.25) is 17.7 Å². The van der Waals surface area contributed by atoms with Gasteiger partial charge in [-0.2, -0.15) is 14.4 Å². The molecular weight excluding hydrogens is 1270 g/mol. The number of halogens is 3. The fraction of sp³-hybridized carbons (Fsp3) is 0.364. The number of hydrogen-bond donors (Lipinski definition) is 5. The van der Waals surface area contributed by atoms with Crippen molar-refractivity contribution in [2.45, 2.75) is 51.4 Å². The Balaban J connectivity index is 0.000000304. The monoisotopic (exact) mass is 1330 g/mol. The van der Waals surface area contributed by atoms with Gasteiger partial charge in [-0.1, -0.05) is 47.5 Å². The number of hydrogen-bond acceptors (Lipinski definition) is 23. The summed E-state index contributed by atoms with van der Waals surface area (Å²) in [5.41, 5.74) is 1.83. The zero-order chi connectivity index (χ0) is 61.9. The van der Waals surface area contributed by atoms with Gasteiger partial charge in [-0.3, -0.25) is 34.6 Å². The summed E-state index contributed by atoms with van der Waals surface area (Å²) < 4.78 is 49.9. The van der Waals surface area contributed by atoms with Crippen LogP contribution in [0.5, 0.6) is 11.5 Å². The molecule has 87 heavy (non-hydrogen) atoms. The maximum atomic E-state index is 13.9. The predicted octanol–water partition coefficient (Wildman–Crippen LogP) is 3.93. The number of aromatic nitrogens is 4. The van der Waals surface area contributed by atoms with Crippen molar-refractivity contribution in [2.24, 2.45) is 10.8 Å². The minimum Gasteiger partial charge on any atom is -1.00 e. The molecule has 2 spiro atoms. The first kappa shape index (κ1) is 73.2. The molecule has 6 aromatic rings. The fourth-order valence-corrected chi connectivity index (χ4v) is 12.6. The first-order valence-electron chi connectivity index (χ1n) is 26.3. The zero-order valence-corrected chi connectivity index (χ0v) is 58.7. The van der Waals surface area contributed by atoms with Crippen LogP contribution in [-0.2, 0) is 28.4 Å². The van der Waals surface area contributed by atoms with Crippen molar-refractivity contribution in [3.63, 3.8) is 0 Å². The van der Waals surface area contributed by atoms with E-state index in [1.165, 1.54) is 32.7 Å². The van der Waals surface area contributed by atoms with E-state index in [0.717, 1.165) is 63.7 Å². The summed E-state index contributed by atoms with van der Waals surface area (Å²) in [5.74, 6) is 0.795. The van der Waals surface area contributed by atoms with Crippen molar-refractivity contribution in [1.29, 1.82) is 0 Å². The Kier molecular flexibility index (Phi) is 27.3. The van der Waals surface area contributed by atoms with Crippen molar-refractivity contribution in [2.75, 3.05) is 93.2 Å². The molecule has 0 unspecified atom stereocenters. The van der Waals surface area contributed by atoms with Gasteiger partial charge in [0.15, 0.2) is 11.6 Å². The molecule has 2 aliphatic carbocycles. The quantitative estimate of drug-likeness (QED) is 0.0229. The SMILES string of the molecule is COc1cc(F)c([N+](=O)[O-])cc1Nc1ncc(Cl)c(Nc2ccccc2P(C)(C)=O)n1.COc1cc(N2CC3(CCC(=O)CC3)C2)c([N+](=O)[O-])cc1Nc1ncc(Cl)c(Nc2ccccc2P(C)(C)=O)n1.O=C1CCC2(CC1)CNC2.O=CO[O-].[H-].[K+].[K+]. The number of rotatable bonds is 16. The summed E-state index contributed by atoms with van der Waals surface area (Å²) in [5, 5.41) is 48.5. The molecule has 4 aromatic carbocycles. The van der Waals surface area contributed by atoms with E-state index in [1.54, 1.807) is 69.1 Å². The summed E-state index contributed by atoms with van der Waals surface area (Å²) in [6.45, 7) is 10.1. The number of nitrogens with one attached hydrogen (secondary N) is 5. The van der Waals surface area contributed by atoms with Crippen LogP contribution in [0.3, 0.4) is 0 Å². The molecule has 4 fully saturated rings. The minimum absolute atomic E-state index is 0. The average molecular weight is 1330 g/mol. The molecule has 25 nitrogen and oxygen atoms in total. The van der Waals surface area contributed by atoms with E-state index in [0.29, 0.717) is 76.2 Å². The fourth-order valence-electron chi connectivity index (χ4n) is 10.00. The van der Waals surface area contributed by atoms with Gasteiger partial charge in [0, 0.05) is 92.2 Å². The maximum absolute atomic E-state index is 13.9. The third kappa shape index (κ3) is 19.5. The summed E-state index contributed by atoms with van der Waals surface area (Å²) in [7, 11) is -2.39. The van der Waals surface area contributed by atoms with Crippen LogP contribution in [0, 0.1) is 36.9 Å². The Bertz CT molecular complexity index is 3580. The van der Waals surface area contributed by atoms with Crippen molar-refractivity contribution >= 4 is 129 Å². The molecule has 32 heteroatoms. The third-order valence-electron chi connectivity index (χ3n) is 14.6. The molecule has 4 aliphatic rings. The molecule has 10 rings (SSSR count). The number of benzene rings is 4. The van der Waals surface area contributed by atoms with Gasteiger partial charge in [0.1, 0.15) is 53.1 Å². The largest absolute Gasteiger partial charge is 1.00 e. The molecule has 0 bridgehead atoms. The molecule has 0 amide bonds. The molecule has 0 radical (unpaired) electrons. The van der Waals surface area contributed by atoms with E-state index in [2.05, 4.69) is 51.4 Å². The number of nitro benzene ring substituents is 2. The Morgan fingerprint density at radius 2 is 1.07 bits per heavy atom. The first-order valence-corrected chi connectivity index (χ1v) is 32.3. The van der Waals surface area contributed by atoms with E-state index in [4.69, 9.17) is 42.7 Å². The van der Waals surface area contributed by atoms with E-state index in [1.807, 2.05) is 17.0 Å². The molecule has 4 heterocycles. The van der Waals surface area contributed by atoms with Gasteiger partial charge in [-0.15, -0.1) is 0 Å². The number of nitro groups is 2. The Hall–Kier alpha value is -4.59. The molecule has 2 aromatic heterocycles. The molecule has 0 atom stereocenters. The van der Waals surface area contributed by atoms with Crippen LogP contribution in [0.1, 0.15) is 52.8 Å². The number of ketones is 2. The first-order chi connectivity index (χ1) is 40.3. The van der Waals surface area contributed by atoms with E-state index in [-0.39, 0.29) is 173 Å². The topological polar surface area (TPSA) is 337 Å². The van der Waals surface area contributed by atoms with Crippen molar-refractivity contribution < 1.29 is 162 Å². The minimum atomic E-state index is -2.59. The Morgan fingerprint density at radius 3 is 1.45 bits per heavy atom. The Labute approximate surface area is 597 Å². The smallest absolute Gasteiger partial charge is 1.00 e. The normalized spacial score (nSPS) is 15.2. The summed E-state index contributed by atoms with van der Waals surface area (Å²) in [6, 6.07) is 19.2. The number of Topliss-reactive ketones (excluding diaryl/α,β-unsaturated/α-hetero) is 2. The molecule has 2 saturated carbocycles. The molecular formula is C55H63Cl2FK2N12O13P2. The number of para-hydroxylation sites is 2. The number of nitrogens with zero attached hydrogens (tertiary/aromatic N) is 7. The van der Waals surface area contributed by atoms with Crippen molar-refractivity contribution in [1.82, 2.24) is 25.3 Å².